The van der Waals surface area contributed by atoms with Crippen LogP contribution in [0.15, 0.2) is 0 Å². The molecule has 0 aromatic heterocycles. The Balaban J connectivity index is 0.00000400. The minimum absolute atomic E-state index is 0. The highest BCUT2D eigenvalue weighted by molar-refractivity contribution is 14.1. The summed E-state index contributed by atoms with van der Waals surface area (Å²) in [4.78, 5) is 34.6. The van der Waals surface area contributed by atoms with Crippen LogP contribution in [-0.2, 0) is 4.79 Å². The van der Waals surface area contributed by atoms with Crippen molar-refractivity contribution in [3.63, 3.8) is 0 Å². The normalized spacial score (nSPS) is 9.57. The third-order valence-corrected chi connectivity index (χ3v) is 5.52. The van der Waals surface area contributed by atoms with E-state index in [0.29, 0.717) is 16.4 Å². The summed E-state index contributed by atoms with van der Waals surface area (Å²) in [5.41, 5.74) is 0.597. The van der Waals surface area contributed by atoms with E-state index in [1.165, 1.54) is 14.0 Å². The summed E-state index contributed by atoms with van der Waals surface area (Å²) in [6.45, 7) is 1.32. The molecule has 0 saturated carbocycles. The maximum atomic E-state index is 12.0. The lowest BCUT2D eigenvalue weighted by atomic mass is 10.1. The number of hydrogen-bond acceptors (Lipinski definition) is 3. The summed E-state index contributed by atoms with van der Waals surface area (Å²) < 4.78 is 1.25. The number of nitrogens with one attached hydrogen (secondary N) is 2. The van der Waals surface area contributed by atoms with Gasteiger partial charge in [-0.15, -0.1) is 12.4 Å². The zero-order chi connectivity index (χ0) is 15.6. The van der Waals surface area contributed by atoms with Crippen LogP contribution in [0.25, 0.3) is 0 Å². The van der Waals surface area contributed by atoms with Gasteiger partial charge in [-0.2, -0.15) is 0 Å². The zero-order valence-electron chi connectivity index (χ0n) is 10.7. The number of aromatic carboxylic acids is 1. The number of carbonyl (C=O) groups is 3. The highest BCUT2D eigenvalue weighted by atomic mass is 127. The first-order valence-electron chi connectivity index (χ1n) is 5.15. The SMILES string of the molecule is CNC(=O)c1c(I)c(NC(C)=O)c(I)c(C(=O)O)c1I.Cl. The number of amides is 2. The van der Waals surface area contributed by atoms with Gasteiger partial charge in [0.05, 0.1) is 24.0 Å². The van der Waals surface area contributed by atoms with Crippen LogP contribution in [0.1, 0.15) is 27.6 Å². The molecule has 0 aliphatic rings. The van der Waals surface area contributed by atoms with Crippen molar-refractivity contribution < 1.29 is 19.5 Å². The monoisotopic (exact) mass is 650 g/mol. The Kier molecular flexibility index (Phi) is 8.71. The maximum Gasteiger partial charge on any atom is 0.337 e. The van der Waals surface area contributed by atoms with Gasteiger partial charge >= 0.3 is 5.97 Å². The first-order chi connectivity index (χ1) is 9.22. The molecule has 0 unspecified atom stereocenters. The average Bonchev–Trinajstić information content (AvgIpc) is 2.33. The van der Waals surface area contributed by atoms with Crippen LogP contribution >= 0.6 is 80.2 Å². The molecule has 116 valence electrons. The molecule has 0 spiro atoms. The quantitative estimate of drug-likeness (QED) is 0.439. The van der Waals surface area contributed by atoms with Gasteiger partial charge in [0.15, 0.2) is 0 Å². The number of hydrogen-bond donors (Lipinski definition) is 3. The molecule has 0 aliphatic heterocycles. The van der Waals surface area contributed by atoms with Gasteiger partial charge in [-0.3, -0.25) is 9.59 Å². The molecule has 0 saturated heterocycles. The van der Waals surface area contributed by atoms with E-state index in [1.807, 2.05) is 67.8 Å². The van der Waals surface area contributed by atoms with E-state index >= 15 is 0 Å². The maximum absolute atomic E-state index is 12.0. The van der Waals surface area contributed by atoms with Crippen molar-refractivity contribution in [2.45, 2.75) is 6.92 Å². The topological polar surface area (TPSA) is 95.5 Å². The zero-order valence-corrected chi connectivity index (χ0v) is 18.0. The van der Waals surface area contributed by atoms with Crippen molar-refractivity contribution in [2.24, 2.45) is 0 Å². The van der Waals surface area contributed by atoms with Gasteiger partial charge in [0, 0.05) is 17.5 Å². The fraction of sp³-hybridized carbons (Fsp3) is 0.182. The van der Waals surface area contributed by atoms with Gasteiger partial charge in [0.1, 0.15) is 0 Å². The number of anilines is 1. The number of rotatable bonds is 3. The van der Waals surface area contributed by atoms with Crippen LogP contribution in [0.3, 0.4) is 0 Å². The van der Waals surface area contributed by atoms with Gasteiger partial charge in [0.2, 0.25) is 5.91 Å². The molecule has 0 heterocycles. The molecular formula is C11H10ClI3N2O4. The molecule has 21 heavy (non-hydrogen) atoms. The Morgan fingerprint density at radius 2 is 1.48 bits per heavy atom. The van der Waals surface area contributed by atoms with E-state index in [9.17, 15) is 19.5 Å². The molecular weight excluding hydrogens is 640 g/mol. The van der Waals surface area contributed by atoms with Gasteiger partial charge in [-0.1, -0.05) is 0 Å². The van der Waals surface area contributed by atoms with Gasteiger partial charge < -0.3 is 15.7 Å². The number of carbonyl (C=O) groups excluding carboxylic acids is 2. The second-order valence-electron chi connectivity index (χ2n) is 3.63. The third-order valence-electron chi connectivity index (χ3n) is 2.29. The van der Waals surface area contributed by atoms with Crippen LogP contribution in [-0.4, -0.2) is 29.9 Å². The van der Waals surface area contributed by atoms with Gasteiger partial charge in [0.25, 0.3) is 5.91 Å². The minimum atomic E-state index is -1.15. The molecule has 0 radical (unpaired) electrons. The summed E-state index contributed by atoms with van der Waals surface area (Å²) in [6, 6.07) is 0. The van der Waals surface area contributed by atoms with Crippen molar-refractivity contribution in [1.82, 2.24) is 5.32 Å². The fourth-order valence-corrected chi connectivity index (χ4v) is 5.85. The number of benzene rings is 1. The van der Waals surface area contributed by atoms with E-state index in [-0.39, 0.29) is 29.4 Å². The van der Waals surface area contributed by atoms with E-state index < -0.39 is 11.9 Å². The Hall–Kier alpha value is 0.110. The fourth-order valence-electron chi connectivity index (χ4n) is 1.46. The molecule has 1 aromatic rings. The highest BCUT2D eigenvalue weighted by Gasteiger charge is 2.27. The van der Waals surface area contributed by atoms with Crippen molar-refractivity contribution in [3.05, 3.63) is 21.8 Å². The summed E-state index contributed by atoms with van der Waals surface area (Å²) >= 11 is 5.61. The lowest BCUT2D eigenvalue weighted by Gasteiger charge is -2.16. The Labute approximate surface area is 168 Å². The van der Waals surface area contributed by atoms with Gasteiger partial charge in [-0.25, -0.2) is 4.79 Å². The third kappa shape index (κ3) is 4.54. The first kappa shape index (κ1) is 21.1. The van der Waals surface area contributed by atoms with Crippen molar-refractivity contribution in [3.8, 4) is 0 Å². The van der Waals surface area contributed by atoms with Gasteiger partial charge in [-0.05, 0) is 67.8 Å². The predicted octanol–water partition coefficient (Wildman–Crippen LogP) is 2.94. The van der Waals surface area contributed by atoms with Crippen molar-refractivity contribution >= 4 is 104 Å². The number of halogens is 4. The van der Waals surface area contributed by atoms with E-state index in [1.54, 1.807) is 0 Å². The van der Waals surface area contributed by atoms with E-state index in [0.717, 1.165) is 0 Å². The molecule has 2 amide bonds. The summed E-state index contributed by atoms with van der Waals surface area (Å²) in [7, 11) is 1.46. The molecule has 0 bridgehead atoms. The smallest absolute Gasteiger partial charge is 0.337 e. The second kappa shape index (κ2) is 8.67. The molecule has 1 aromatic carbocycles. The van der Waals surface area contributed by atoms with Crippen LogP contribution in [0.2, 0.25) is 0 Å². The number of carboxylic acid groups (broad SMARTS) is 1. The largest absolute Gasteiger partial charge is 0.478 e. The predicted molar refractivity (Wildman–Crippen MR) is 106 cm³/mol. The van der Waals surface area contributed by atoms with Crippen LogP contribution in [0.4, 0.5) is 5.69 Å². The van der Waals surface area contributed by atoms with E-state index in [4.69, 9.17) is 0 Å². The Bertz CT molecular complexity index is 622. The lowest BCUT2D eigenvalue weighted by molar-refractivity contribution is -0.114. The van der Waals surface area contributed by atoms with E-state index in [2.05, 4.69) is 10.6 Å². The van der Waals surface area contributed by atoms with Crippen LogP contribution in [0, 0.1) is 10.7 Å². The Morgan fingerprint density at radius 1 is 1.00 bits per heavy atom. The molecule has 0 atom stereocenters. The standard InChI is InChI=1S/C11H9I3N2O4.ClH/c1-3(17)16-9-7(13)4(10(18)15-2)6(12)5(8(9)14)11(19)20;/h1-2H3,(H,15,18)(H,16,17)(H,19,20);1H. The van der Waals surface area contributed by atoms with Crippen LogP contribution < -0.4 is 10.6 Å². The average molecular weight is 650 g/mol. The molecule has 10 heteroatoms. The Morgan fingerprint density at radius 3 is 1.86 bits per heavy atom. The first-order valence-corrected chi connectivity index (χ1v) is 8.39. The molecule has 0 fully saturated rings. The lowest BCUT2D eigenvalue weighted by Crippen LogP contribution is -2.24. The van der Waals surface area contributed by atoms with Crippen LogP contribution in [0.5, 0.6) is 0 Å². The summed E-state index contributed by atoms with van der Waals surface area (Å²) in [5.74, 6) is -1.88. The van der Waals surface area contributed by atoms with Crippen molar-refractivity contribution in [2.75, 3.05) is 12.4 Å². The second-order valence-corrected chi connectivity index (χ2v) is 6.87. The molecule has 0 aliphatic carbocycles. The highest BCUT2D eigenvalue weighted by Crippen LogP contribution is 2.35. The summed E-state index contributed by atoms with van der Waals surface area (Å²) in [5, 5.41) is 14.4. The molecule has 6 nitrogen and oxygen atoms in total. The summed E-state index contributed by atoms with van der Waals surface area (Å²) in [6.07, 6.45) is 0. The molecule has 1 rings (SSSR count). The van der Waals surface area contributed by atoms with Crippen molar-refractivity contribution in [1.29, 1.82) is 0 Å². The molecule has 3 N–H and O–H groups in total. The minimum Gasteiger partial charge on any atom is -0.478 e. The number of carboxylic acids is 1.